The summed E-state index contributed by atoms with van der Waals surface area (Å²) in [6.45, 7) is 8.02. The molecule has 0 unspecified atom stereocenters. The third-order valence-electron chi connectivity index (χ3n) is 12.3. The third kappa shape index (κ3) is 4.79. The van der Waals surface area contributed by atoms with Crippen LogP contribution in [0.2, 0.25) is 0 Å². The smallest absolute Gasteiger partial charge is 0.222 e. The Morgan fingerprint density at radius 3 is 2.50 bits per heavy atom. The van der Waals surface area contributed by atoms with Gasteiger partial charge in [-0.05, 0) is 123 Å². The molecule has 0 bridgehead atoms. The molecule has 5 fully saturated rings. The zero-order chi connectivity index (χ0) is 25.9. The Hall–Kier alpha value is -0.660. The highest BCUT2D eigenvalue weighted by Gasteiger charge is 2.60. The normalized spacial score (nSPS) is 45.6. The molecule has 4 aliphatic carbocycles. The van der Waals surface area contributed by atoms with Crippen LogP contribution in [0, 0.1) is 46.3 Å². The van der Waals surface area contributed by atoms with Gasteiger partial charge in [0.05, 0.1) is 22.0 Å². The minimum Gasteiger partial charge on any atom is -0.748 e. The van der Waals surface area contributed by atoms with E-state index < -0.39 is 21.9 Å². The molecule has 1 heterocycles. The molecule has 1 N–H and O–H groups in total. The topological polar surface area (TPSA) is 97.7 Å². The van der Waals surface area contributed by atoms with E-state index in [9.17, 15) is 22.9 Å². The van der Waals surface area contributed by atoms with E-state index in [0.29, 0.717) is 48.0 Å². The van der Waals surface area contributed by atoms with Crippen LogP contribution in [0.15, 0.2) is 0 Å². The van der Waals surface area contributed by atoms with Crippen LogP contribution in [-0.4, -0.2) is 53.3 Å². The number of rotatable bonds is 6. The average Bonchev–Trinajstić information content (AvgIpc) is 3.40. The Morgan fingerprint density at radius 2 is 1.75 bits per heavy atom. The number of fused-ring (bicyclic) bond motifs is 5. The van der Waals surface area contributed by atoms with Gasteiger partial charge in [-0.3, -0.25) is 4.79 Å². The fraction of sp³-hybridized carbons (Fsp3) is 0.966. The van der Waals surface area contributed by atoms with E-state index in [1.807, 2.05) is 0 Å². The second kappa shape index (κ2) is 9.82. The number of nitrogens with zero attached hydrogens (tertiary/aromatic N) is 1. The zero-order valence-corrected chi connectivity index (χ0v) is 23.5. The molecule has 36 heavy (non-hydrogen) atoms. The molecule has 1 amide bonds. The number of aliphatic hydroxyl groups excluding tert-OH is 1. The second-order valence-corrected chi connectivity index (χ2v) is 15.4. The van der Waals surface area contributed by atoms with E-state index in [4.69, 9.17) is 0 Å². The first kappa shape index (κ1) is 26.9. The Morgan fingerprint density at radius 1 is 1.03 bits per heavy atom. The average molecular weight is 523 g/mol. The number of aliphatic hydroxyl groups is 1. The van der Waals surface area contributed by atoms with Crippen molar-refractivity contribution in [1.82, 2.24) is 4.90 Å². The van der Waals surface area contributed by atoms with Crippen LogP contribution in [0.1, 0.15) is 104 Å². The number of likely N-dealkylation sites (tertiary alicyclic amines) is 1. The highest BCUT2D eigenvalue weighted by molar-refractivity contribution is 7.85. The summed E-state index contributed by atoms with van der Waals surface area (Å²) >= 11 is 0. The lowest BCUT2D eigenvalue weighted by molar-refractivity contribution is -0.133. The van der Waals surface area contributed by atoms with Gasteiger partial charge < -0.3 is 14.6 Å². The highest BCUT2D eigenvalue weighted by atomic mass is 32.2. The van der Waals surface area contributed by atoms with E-state index in [1.165, 1.54) is 44.9 Å². The summed E-state index contributed by atoms with van der Waals surface area (Å²) in [4.78, 5) is 14.7. The standard InChI is InChI=1S/C29H49NO5S/c1-19(6-11-27(32)30-16-4-5-21(30)18-36(33,34)35)24-9-10-25-23-8-7-20-17-22(31)12-14-28(20,2)26(23)13-15-29(24,25)3/h19-26,31H,4-18H2,1-3H3,(H,33,34,35)/p-1/t19-,20-,21-,22-,23+,24-,25+,26+,28+,29-/m1/s1. The number of hydrogen-bond acceptors (Lipinski definition) is 5. The maximum atomic E-state index is 13.0. The molecule has 10 atom stereocenters. The molecule has 0 spiro atoms. The fourth-order valence-electron chi connectivity index (χ4n) is 10.5. The molecule has 7 heteroatoms. The van der Waals surface area contributed by atoms with Crippen LogP contribution in [0.25, 0.3) is 0 Å². The van der Waals surface area contributed by atoms with Crippen molar-refractivity contribution in [2.24, 2.45) is 46.3 Å². The molecule has 0 aromatic rings. The lowest BCUT2D eigenvalue weighted by Crippen LogP contribution is -2.54. The van der Waals surface area contributed by atoms with E-state index in [2.05, 4.69) is 20.8 Å². The molecule has 0 aromatic carbocycles. The number of amides is 1. The van der Waals surface area contributed by atoms with Gasteiger partial charge in [-0.15, -0.1) is 0 Å². The molecule has 206 valence electrons. The molecule has 0 aromatic heterocycles. The predicted molar refractivity (Wildman–Crippen MR) is 139 cm³/mol. The number of hydrogen-bond donors (Lipinski definition) is 1. The molecule has 0 radical (unpaired) electrons. The Bertz CT molecular complexity index is 938. The number of carbonyl (C=O) groups excluding carboxylic acids is 1. The largest absolute Gasteiger partial charge is 0.748 e. The van der Waals surface area contributed by atoms with Gasteiger partial charge in [-0.2, -0.15) is 0 Å². The number of carbonyl (C=O) groups is 1. The van der Waals surface area contributed by atoms with Gasteiger partial charge in [0, 0.05) is 19.0 Å². The summed E-state index contributed by atoms with van der Waals surface area (Å²) in [5, 5.41) is 10.3. The lowest BCUT2D eigenvalue weighted by Gasteiger charge is -2.61. The maximum absolute atomic E-state index is 13.0. The monoisotopic (exact) mass is 522 g/mol. The Balaban J connectivity index is 1.21. The molecule has 5 aliphatic rings. The van der Waals surface area contributed by atoms with Gasteiger partial charge in [-0.1, -0.05) is 20.8 Å². The minimum atomic E-state index is -4.32. The maximum Gasteiger partial charge on any atom is 0.222 e. The van der Waals surface area contributed by atoms with Crippen LogP contribution in [0.3, 0.4) is 0 Å². The minimum absolute atomic E-state index is 0.0298. The second-order valence-electron chi connectivity index (χ2n) is 13.9. The summed E-state index contributed by atoms with van der Waals surface area (Å²) < 4.78 is 33.8. The van der Waals surface area contributed by atoms with E-state index >= 15 is 0 Å². The van der Waals surface area contributed by atoms with Gasteiger partial charge >= 0.3 is 0 Å². The van der Waals surface area contributed by atoms with E-state index in [-0.39, 0.29) is 12.0 Å². The summed E-state index contributed by atoms with van der Waals surface area (Å²) in [6.07, 6.45) is 13.6. The van der Waals surface area contributed by atoms with Crippen molar-refractivity contribution in [3.8, 4) is 0 Å². The van der Waals surface area contributed by atoms with Crippen LogP contribution >= 0.6 is 0 Å². The van der Waals surface area contributed by atoms with Crippen molar-refractivity contribution in [2.75, 3.05) is 12.3 Å². The van der Waals surface area contributed by atoms with Crippen molar-refractivity contribution in [3.05, 3.63) is 0 Å². The van der Waals surface area contributed by atoms with Gasteiger partial charge in [-0.25, -0.2) is 8.42 Å². The van der Waals surface area contributed by atoms with Crippen molar-refractivity contribution >= 4 is 16.0 Å². The molecular formula is C29H48NO5S-. The lowest BCUT2D eigenvalue weighted by atomic mass is 9.44. The molecule has 4 saturated carbocycles. The van der Waals surface area contributed by atoms with Crippen molar-refractivity contribution in [3.63, 3.8) is 0 Å². The zero-order valence-electron chi connectivity index (χ0n) is 22.7. The quantitative estimate of drug-likeness (QED) is 0.497. The van der Waals surface area contributed by atoms with Crippen molar-refractivity contribution in [2.45, 2.75) is 116 Å². The van der Waals surface area contributed by atoms with E-state index in [0.717, 1.165) is 43.4 Å². The first-order chi connectivity index (χ1) is 16.9. The van der Waals surface area contributed by atoms with Gasteiger partial charge in [0.1, 0.15) is 0 Å². The molecule has 1 aliphatic heterocycles. The van der Waals surface area contributed by atoms with Crippen molar-refractivity contribution < 1.29 is 22.9 Å². The van der Waals surface area contributed by atoms with E-state index in [1.54, 1.807) is 4.90 Å². The SMILES string of the molecule is C[C@H](CCC(=O)N1CCC[C@@H]1CS(=O)(=O)[O-])[C@H]1CC[C@H]2[C@@H]3CC[C@@H]4C[C@H](O)CC[C@]4(C)[C@H]3CC[C@]12C. The van der Waals surface area contributed by atoms with Crippen LogP contribution < -0.4 is 0 Å². The van der Waals surface area contributed by atoms with Crippen LogP contribution in [0.4, 0.5) is 0 Å². The summed E-state index contributed by atoms with van der Waals surface area (Å²) in [7, 11) is -4.32. The third-order valence-corrected chi connectivity index (χ3v) is 13.1. The van der Waals surface area contributed by atoms with Gasteiger partial charge in [0.25, 0.3) is 0 Å². The Labute approximate surface area is 218 Å². The predicted octanol–water partition coefficient (Wildman–Crippen LogP) is 4.96. The first-order valence-electron chi connectivity index (χ1n) is 14.8. The fourth-order valence-corrected chi connectivity index (χ4v) is 11.3. The van der Waals surface area contributed by atoms with Crippen molar-refractivity contribution in [1.29, 1.82) is 0 Å². The van der Waals surface area contributed by atoms with Crippen LogP contribution in [0.5, 0.6) is 0 Å². The molecule has 6 nitrogen and oxygen atoms in total. The Kier molecular flexibility index (Phi) is 7.35. The summed E-state index contributed by atoms with van der Waals surface area (Å²) in [6, 6.07) is -0.434. The molecular weight excluding hydrogens is 474 g/mol. The van der Waals surface area contributed by atoms with Crippen LogP contribution in [-0.2, 0) is 14.9 Å². The van der Waals surface area contributed by atoms with Gasteiger partial charge in [0.2, 0.25) is 5.91 Å². The summed E-state index contributed by atoms with van der Waals surface area (Å²) in [5.74, 6) is 3.81. The summed E-state index contributed by atoms with van der Waals surface area (Å²) in [5.41, 5.74) is 0.761. The molecule has 5 rings (SSSR count). The highest BCUT2D eigenvalue weighted by Crippen LogP contribution is 2.68. The van der Waals surface area contributed by atoms with Gasteiger partial charge in [0.15, 0.2) is 0 Å². The molecule has 1 saturated heterocycles. The first-order valence-corrected chi connectivity index (χ1v) is 16.4.